The highest BCUT2D eigenvalue weighted by Crippen LogP contribution is 2.57. The summed E-state index contributed by atoms with van der Waals surface area (Å²) in [5, 5.41) is 10.5. The van der Waals surface area contributed by atoms with Gasteiger partial charge < -0.3 is 5.11 Å². The summed E-state index contributed by atoms with van der Waals surface area (Å²) in [5.74, 6) is -0.753. The fourth-order valence-electron chi connectivity index (χ4n) is 3.44. The van der Waals surface area contributed by atoms with Gasteiger partial charge >= 0.3 is 5.97 Å². The molecule has 0 aliphatic heterocycles. The van der Waals surface area contributed by atoms with Gasteiger partial charge in [-0.15, -0.1) is 11.6 Å². The van der Waals surface area contributed by atoms with Crippen LogP contribution in [0.3, 0.4) is 0 Å². The predicted molar refractivity (Wildman–Crippen MR) is 85.9 cm³/mol. The van der Waals surface area contributed by atoms with E-state index in [1.165, 1.54) is 19.3 Å². The Kier molecular flexibility index (Phi) is 4.15. The first-order valence-electron chi connectivity index (χ1n) is 7.34. The lowest BCUT2D eigenvalue weighted by Gasteiger charge is -2.24. The molecular weight excluding hydrogens is 331 g/mol. The fourth-order valence-corrected chi connectivity index (χ4v) is 4.54. The van der Waals surface area contributed by atoms with Crippen LogP contribution < -0.4 is 0 Å². The lowest BCUT2D eigenvalue weighted by Crippen LogP contribution is -2.16. The molecule has 21 heavy (non-hydrogen) atoms. The number of carboxylic acid groups (broad SMARTS) is 1. The van der Waals surface area contributed by atoms with Crippen molar-refractivity contribution in [2.75, 3.05) is 0 Å². The molecule has 1 aromatic carbocycles. The van der Waals surface area contributed by atoms with Gasteiger partial charge in [-0.2, -0.15) is 0 Å². The van der Waals surface area contributed by atoms with Crippen molar-refractivity contribution in [2.24, 2.45) is 0 Å². The van der Waals surface area contributed by atoms with Crippen LogP contribution in [0.2, 0.25) is 10.0 Å². The van der Waals surface area contributed by atoms with E-state index >= 15 is 0 Å². The van der Waals surface area contributed by atoms with E-state index in [4.69, 9.17) is 39.9 Å². The van der Waals surface area contributed by atoms with Gasteiger partial charge in [-0.1, -0.05) is 42.5 Å². The van der Waals surface area contributed by atoms with E-state index in [0.717, 1.165) is 24.0 Å². The second-order valence-electron chi connectivity index (χ2n) is 6.16. The summed E-state index contributed by atoms with van der Waals surface area (Å²) in [6.07, 6.45) is 6.38. The van der Waals surface area contributed by atoms with Crippen molar-refractivity contribution in [1.29, 1.82) is 0 Å². The minimum Gasteiger partial charge on any atom is -0.480 e. The normalized spacial score (nSPS) is 29.4. The quantitative estimate of drug-likeness (QED) is 0.724. The SMILES string of the molecule is O=C(O)C1(Cl)CC1c1cc(Cl)c(C2CCCCC2)c(Cl)c1. The van der Waals surface area contributed by atoms with Gasteiger partial charge in [-0.05, 0) is 48.4 Å². The van der Waals surface area contributed by atoms with E-state index in [2.05, 4.69) is 0 Å². The minimum atomic E-state index is -1.18. The second kappa shape index (κ2) is 5.64. The van der Waals surface area contributed by atoms with Gasteiger partial charge in [0, 0.05) is 16.0 Å². The number of halogens is 3. The first-order chi connectivity index (χ1) is 9.93. The Morgan fingerprint density at radius 2 is 1.71 bits per heavy atom. The van der Waals surface area contributed by atoms with Crippen LogP contribution in [-0.2, 0) is 4.79 Å². The van der Waals surface area contributed by atoms with Crippen LogP contribution in [-0.4, -0.2) is 16.0 Å². The van der Waals surface area contributed by atoms with Crippen LogP contribution >= 0.6 is 34.8 Å². The van der Waals surface area contributed by atoms with Crippen molar-refractivity contribution in [1.82, 2.24) is 0 Å². The largest absolute Gasteiger partial charge is 0.480 e. The van der Waals surface area contributed by atoms with Gasteiger partial charge in [0.2, 0.25) is 0 Å². The number of aliphatic carboxylic acids is 1. The summed E-state index contributed by atoms with van der Waals surface area (Å²) in [5.41, 5.74) is 1.86. The molecule has 0 amide bonds. The fraction of sp³-hybridized carbons (Fsp3) is 0.562. The lowest BCUT2D eigenvalue weighted by molar-refractivity contribution is -0.137. The molecule has 114 valence electrons. The van der Waals surface area contributed by atoms with Gasteiger partial charge in [0.15, 0.2) is 0 Å². The molecule has 0 saturated heterocycles. The van der Waals surface area contributed by atoms with Gasteiger partial charge in [-0.25, -0.2) is 0 Å². The molecule has 2 aliphatic carbocycles. The molecule has 0 radical (unpaired) electrons. The van der Waals surface area contributed by atoms with Gasteiger partial charge in [0.25, 0.3) is 0 Å². The molecule has 2 atom stereocenters. The van der Waals surface area contributed by atoms with E-state index in [1.54, 1.807) is 0 Å². The lowest BCUT2D eigenvalue weighted by atomic mass is 9.83. The third kappa shape index (κ3) is 2.78. The van der Waals surface area contributed by atoms with E-state index < -0.39 is 10.8 Å². The molecule has 2 unspecified atom stereocenters. The zero-order chi connectivity index (χ0) is 15.2. The summed E-state index contributed by atoms with van der Waals surface area (Å²) in [6, 6.07) is 3.71. The maximum Gasteiger partial charge on any atom is 0.325 e. The molecule has 0 spiro atoms. The van der Waals surface area contributed by atoms with E-state index in [1.807, 2.05) is 12.1 Å². The standard InChI is InChI=1S/C16H17Cl3O2/c17-12-6-10(11-8-16(11,19)15(20)21)7-13(18)14(12)9-4-2-1-3-5-9/h6-7,9,11H,1-5,8H2,(H,20,21). The van der Waals surface area contributed by atoms with Crippen LogP contribution in [0.1, 0.15) is 61.5 Å². The third-order valence-electron chi connectivity index (χ3n) is 4.77. The molecule has 1 N–H and O–H groups in total. The third-order valence-corrected chi connectivity index (χ3v) is 5.97. The average Bonchev–Trinajstić information content (AvgIpc) is 3.13. The van der Waals surface area contributed by atoms with E-state index in [0.29, 0.717) is 22.4 Å². The summed E-state index contributed by atoms with van der Waals surface area (Å²) < 4.78 is 0. The summed E-state index contributed by atoms with van der Waals surface area (Å²) in [7, 11) is 0. The molecule has 1 aromatic rings. The number of hydrogen-bond donors (Lipinski definition) is 1. The number of carbonyl (C=O) groups is 1. The molecule has 0 aromatic heterocycles. The van der Waals surface area contributed by atoms with Crippen molar-refractivity contribution in [3.05, 3.63) is 33.3 Å². The number of benzene rings is 1. The Morgan fingerprint density at radius 3 is 2.19 bits per heavy atom. The van der Waals surface area contributed by atoms with Gasteiger partial charge in [0.1, 0.15) is 4.87 Å². The first-order valence-corrected chi connectivity index (χ1v) is 8.48. The predicted octanol–water partition coefficient (Wildman–Crippen LogP) is 5.59. The Hall–Kier alpha value is -0.440. The Bertz CT molecular complexity index is 558. The Morgan fingerprint density at radius 1 is 1.14 bits per heavy atom. The van der Waals surface area contributed by atoms with Crippen LogP contribution in [0.25, 0.3) is 0 Å². The highest BCUT2D eigenvalue weighted by atomic mass is 35.5. The van der Waals surface area contributed by atoms with Crippen LogP contribution in [0.15, 0.2) is 12.1 Å². The van der Waals surface area contributed by atoms with Crippen molar-refractivity contribution in [3.63, 3.8) is 0 Å². The number of carboxylic acids is 1. The van der Waals surface area contributed by atoms with Crippen LogP contribution in [0.5, 0.6) is 0 Å². The molecule has 0 heterocycles. The topological polar surface area (TPSA) is 37.3 Å². The molecule has 2 nitrogen and oxygen atoms in total. The molecule has 5 heteroatoms. The molecule has 2 aliphatic rings. The molecular formula is C16H17Cl3O2. The monoisotopic (exact) mass is 346 g/mol. The second-order valence-corrected chi connectivity index (χ2v) is 7.65. The average molecular weight is 348 g/mol. The summed E-state index contributed by atoms with van der Waals surface area (Å²) in [4.78, 5) is 9.97. The van der Waals surface area contributed by atoms with E-state index in [9.17, 15) is 4.79 Å². The van der Waals surface area contributed by atoms with Crippen molar-refractivity contribution < 1.29 is 9.90 Å². The highest BCUT2D eigenvalue weighted by Gasteiger charge is 2.60. The summed E-state index contributed by atoms with van der Waals surface area (Å²) in [6.45, 7) is 0. The van der Waals surface area contributed by atoms with Crippen molar-refractivity contribution in [3.8, 4) is 0 Å². The summed E-state index contributed by atoms with van der Waals surface area (Å²) >= 11 is 19.0. The molecule has 0 bridgehead atoms. The van der Waals surface area contributed by atoms with Crippen molar-refractivity contribution >= 4 is 40.8 Å². The number of alkyl halides is 1. The maximum absolute atomic E-state index is 11.2. The molecule has 3 rings (SSSR count). The van der Waals surface area contributed by atoms with E-state index in [-0.39, 0.29) is 5.92 Å². The smallest absolute Gasteiger partial charge is 0.325 e. The Balaban J connectivity index is 1.88. The maximum atomic E-state index is 11.2. The van der Waals surface area contributed by atoms with Gasteiger partial charge in [0.05, 0.1) is 0 Å². The van der Waals surface area contributed by atoms with Crippen LogP contribution in [0.4, 0.5) is 0 Å². The van der Waals surface area contributed by atoms with Crippen LogP contribution in [0, 0.1) is 0 Å². The molecule has 2 fully saturated rings. The van der Waals surface area contributed by atoms with Crippen molar-refractivity contribution in [2.45, 2.75) is 55.2 Å². The molecule has 2 saturated carbocycles. The highest BCUT2D eigenvalue weighted by molar-refractivity contribution is 6.38. The van der Waals surface area contributed by atoms with Gasteiger partial charge in [-0.3, -0.25) is 4.79 Å². The Labute approximate surface area is 139 Å². The number of hydrogen-bond acceptors (Lipinski definition) is 1. The zero-order valence-electron chi connectivity index (χ0n) is 11.5. The first kappa shape index (κ1) is 15.5. The zero-order valence-corrected chi connectivity index (χ0v) is 13.8. The minimum absolute atomic E-state index is 0.202. The number of rotatable bonds is 3.